The number of aliphatic hydroxyl groups is 1. The van der Waals surface area contributed by atoms with Crippen LogP contribution in [0.1, 0.15) is 31.9 Å². The van der Waals surface area contributed by atoms with E-state index >= 15 is 0 Å². The predicted molar refractivity (Wildman–Crippen MR) is 68.5 cm³/mol. The van der Waals surface area contributed by atoms with Crippen molar-refractivity contribution in [3.63, 3.8) is 0 Å². The summed E-state index contributed by atoms with van der Waals surface area (Å²) < 4.78 is 0. The van der Waals surface area contributed by atoms with Crippen LogP contribution in [-0.4, -0.2) is 18.3 Å². The molecule has 0 fully saturated rings. The van der Waals surface area contributed by atoms with E-state index in [1.54, 1.807) is 0 Å². The number of hydrogen-bond donors (Lipinski definition) is 2. The van der Waals surface area contributed by atoms with Gasteiger partial charge in [0, 0.05) is 6.61 Å². The summed E-state index contributed by atoms with van der Waals surface area (Å²) in [5, 5.41) is 9.09. The number of aliphatic hydroxyl groups excluding tert-OH is 1. The van der Waals surface area contributed by atoms with Crippen LogP contribution in [0, 0.1) is 5.92 Å². The van der Waals surface area contributed by atoms with Crippen LogP contribution in [-0.2, 0) is 11.8 Å². The van der Waals surface area contributed by atoms with Crippen LogP contribution in [0.25, 0.3) is 0 Å². The summed E-state index contributed by atoms with van der Waals surface area (Å²) in [6.07, 6.45) is 0.859. The van der Waals surface area contributed by atoms with E-state index in [1.807, 2.05) is 0 Å². The van der Waals surface area contributed by atoms with E-state index < -0.39 is 0 Å². The summed E-state index contributed by atoms with van der Waals surface area (Å²) in [6.45, 7) is 7.32. The molecule has 2 nitrogen and oxygen atoms in total. The maximum Gasteiger partial charge on any atom is 0.0474 e. The quantitative estimate of drug-likeness (QED) is 0.818. The van der Waals surface area contributed by atoms with E-state index in [2.05, 4.69) is 45.0 Å². The van der Waals surface area contributed by atoms with Gasteiger partial charge >= 0.3 is 0 Å². The molecule has 1 aromatic carbocycles. The van der Waals surface area contributed by atoms with Gasteiger partial charge in [0.2, 0.25) is 0 Å². The Hall–Kier alpha value is -0.860. The molecule has 1 unspecified atom stereocenters. The molecule has 0 aliphatic carbocycles. The van der Waals surface area contributed by atoms with Crippen molar-refractivity contribution < 1.29 is 5.11 Å². The molecule has 0 amide bonds. The van der Waals surface area contributed by atoms with E-state index in [-0.39, 0.29) is 17.9 Å². The first-order valence-electron chi connectivity index (χ1n) is 5.87. The normalized spacial score (nSPS) is 13.8. The number of rotatable bonds is 4. The third kappa shape index (κ3) is 3.62. The van der Waals surface area contributed by atoms with Gasteiger partial charge in [-0.05, 0) is 35.4 Å². The van der Waals surface area contributed by atoms with Gasteiger partial charge < -0.3 is 10.8 Å². The van der Waals surface area contributed by atoms with Gasteiger partial charge in [-0.1, -0.05) is 45.0 Å². The minimum absolute atomic E-state index is 0.164. The zero-order chi connectivity index (χ0) is 12.2. The smallest absolute Gasteiger partial charge is 0.0474 e. The Morgan fingerprint density at radius 3 is 2.12 bits per heavy atom. The van der Waals surface area contributed by atoms with Crippen LogP contribution in [0.4, 0.5) is 0 Å². The van der Waals surface area contributed by atoms with Crippen LogP contribution in [0.5, 0.6) is 0 Å². The Morgan fingerprint density at radius 1 is 1.19 bits per heavy atom. The molecule has 0 saturated heterocycles. The maximum absolute atomic E-state index is 9.09. The van der Waals surface area contributed by atoms with E-state index in [0.717, 1.165) is 6.42 Å². The third-order valence-corrected chi connectivity index (χ3v) is 2.94. The van der Waals surface area contributed by atoms with Crippen molar-refractivity contribution in [2.75, 3.05) is 13.2 Å². The molecule has 90 valence electrons. The lowest BCUT2D eigenvalue weighted by molar-refractivity contribution is 0.230. The highest BCUT2D eigenvalue weighted by Gasteiger charge is 2.13. The lowest BCUT2D eigenvalue weighted by Crippen LogP contribution is -2.20. The third-order valence-electron chi connectivity index (χ3n) is 2.94. The Morgan fingerprint density at radius 2 is 1.75 bits per heavy atom. The molecular weight excluding hydrogens is 198 g/mol. The molecule has 0 bridgehead atoms. The molecule has 16 heavy (non-hydrogen) atoms. The summed E-state index contributed by atoms with van der Waals surface area (Å²) in [5.41, 5.74) is 8.35. The molecular formula is C14H23NO. The fraction of sp³-hybridized carbons (Fsp3) is 0.571. The van der Waals surface area contributed by atoms with E-state index in [1.165, 1.54) is 11.1 Å². The summed E-state index contributed by atoms with van der Waals surface area (Å²) in [4.78, 5) is 0. The van der Waals surface area contributed by atoms with Crippen molar-refractivity contribution >= 4 is 0 Å². The molecule has 3 N–H and O–H groups in total. The topological polar surface area (TPSA) is 46.2 Å². The highest BCUT2D eigenvalue weighted by Crippen LogP contribution is 2.22. The lowest BCUT2D eigenvalue weighted by atomic mass is 9.86. The summed E-state index contributed by atoms with van der Waals surface area (Å²) in [6, 6.07) is 8.61. The number of nitrogens with two attached hydrogens (primary N) is 1. The average molecular weight is 221 g/mol. The van der Waals surface area contributed by atoms with Crippen molar-refractivity contribution in [2.45, 2.75) is 32.6 Å². The fourth-order valence-corrected chi connectivity index (χ4v) is 1.70. The van der Waals surface area contributed by atoms with Gasteiger partial charge in [-0.2, -0.15) is 0 Å². The van der Waals surface area contributed by atoms with E-state index in [9.17, 15) is 0 Å². The lowest BCUT2D eigenvalue weighted by Gasteiger charge is -2.19. The summed E-state index contributed by atoms with van der Waals surface area (Å²) in [5.74, 6) is 0.181. The minimum Gasteiger partial charge on any atom is -0.396 e. The van der Waals surface area contributed by atoms with Crippen molar-refractivity contribution in [3.05, 3.63) is 35.4 Å². The van der Waals surface area contributed by atoms with Crippen LogP contribution in [0.3, 0.4) is 0 Å². The number of hydrogen-bond acceptors (Lipinski definition) is 2. The molecule has 0 radical (unpaired) electrons. The zero-order valence-corrected chi connectivity index (χ0v) is 10.5. The molecule has 1 atom stereocenters. The van der Waals surface area contributed by atoms with Crippen LogP contribution < -0.4 is 5.73 Å². The summed E-state index contributed by atoms with van der Waals surface area (Å²) in [7, 11) is 0. The second-order valence-corrected chi connectivity index (χ2v) is 5.44. The first-order valence-corrected chi connectivity index (χ1v) is 5.87. The molecule has 0 spiro atoms. The highest BCUT2D eigenvalue weighted by molar-refractivity contribution is 5.27. The first-order chi connectivity index (χ1) is 7.47. The number of benzene rings is 1. The van der Waals surface area contributed by atoms with Crippen LogP contribution in [0.15, 0.2) is 24.3 Å². The second kappa shape index (κ2) is 5.46. The van der Waals surface area contributed by atoms with Crippen molar-refractivity contribution in [2.24, 2.45) is 11.7 Å². The van der Waals surface area contributed by atoms with E-state index in [0.29, 0.717) is 6.54 Å². The molecule has 0 aliphatic heterocycles. The van der Waals surface area contributed by atoms with Crippen LogP contribution >= 0.6 is 0 Å². The van der Waals surface area contributed by atoms with Crippen molar-refractivity contribution in [1.82, 2.24) is 0 Å². The van der Waals surface area contributed by atoms with Gasteiger partial charge in [0.05, 0.1) is 0 Å². The van der Waals surface area contributed by atoms with Crippen molar-refractivity contribution in [1.29, 1.82) is 0 Å². The standard InChI is InChI=1S/C14H23NO/c1-14(2,3)13-6-4-11(5-7-13)8-12(9-15)10-16/h4-7,12,16H,8-10,15H2,1-3H3. The second-order valence-electron chi connectivity index (χ2n) is 5.44. The molecule has 1 rings (SSSR count). The minimum atomic E-state index is 0.164. The molecule has 0 heterocycles. The maximum atomic E-state index is 9.09. The zero-order valence-electron chi connectivity index (χ0n) is 10.5. The Balaban J connectivity index is 2.72. The van der Waals surface area contributed by atoms with Gasteiger partial charge in [0.25, 0.3) is 0 Å². The SMILES string of the molecule is CC(C)(C)c1ccc(CC(CN)CO)cc1. The molecule has 0 saturated carbocycles. The summed E-state index contributed by atoms with van der Waals surface area (Å²) >= 11 is 0. The van der Waals surface area contributed by atoms with Gasteiger partial charge in [0.1, 0.15) is 0 Å². The largest absolute Gasteiger partial charge is 0.396 e. The fourth-order valence-electron chi connectivity index (χ4n) is 1.70. The molecule has 2 heteroatoms. The molecule has 1 aromatic rings. The average Bonchev–Trinajstić information content (AvgIpc) is 2.25. The molecule has 0 aliphatic rings. The van der Waals surface area contributed by atoms with Crippen molar-refractivity contribution in [3.8, 4) is 0 Å². The highest BCUT2D eigenvalue weighted by atomic mass is 16.3. The monoisotopic (exact) mass is 221 g/mol. The Labute approximate surface area is 98.5 Å². The molecule has 0 aromatic heterocycles. The van der Waals surface area contributed by atoms with Gasteiger partial charge in [-0.25, -0.2) is 0 Å². The van der Waals surface area contributed by atoms with E-state index in [4.69, 9.17) is 10.8 Å². The van der Waals surface area contributed by atoms with Gasteiger partial charge in [-0.3, -0.25) is 0 Å². The van der Waals surface area contributed by atoms with Crippen LogP contribution in [0.2, 0.25) is 0 Å². The Kier molecular flexibility index (Phi) is 4.51. The predicted octanol–water partition coefficient (Wildman–Crippen LogP) is 2.09. The van der Waals surface area contributed by atoms with Gasteiger partial charge in [-0.15, -0.1) is 0 Å². The first kappa shape index (κ1) is 13.2. The Bertz CT molecular complexity index is 307. The van der Waals surface area contributed by atoms with Gasteiger partial charge in [0.15, 0.2) is 0 Å².